The smallest absolute Gasteiger partial charge is 0.255 e. The Labute approximate surface area is 243 Å². The number of hydrogen-bond donors (Lipinski definition) is 3. The maximum absolute atomic E-state index is 14.0. The third-order valence-electron chi connectivity index (χ3n) is 9.13. The zero-order valence-electron chi connectivity index (χ0n) is 23.3. The van der Waals surface area contributed by atoms with Gasteiger partial charge in [0.05, 0.1) is 25.1 Å². The molecule has 2 aromatic rings. The van der Waals surface area contributed by atoms with Crippen molar-refractivity contribution in [2.75, 3.05) is 44.7 Å². The highest BCUT2D eigenvalue weighted by Gasteiger charge is 2.50. The number of amides is 1. The summed E-state index contributed by atoms with van der Waals surface area (Å²) in [6, 6.07) is 13.1. The Morgan fingerprint density at radius 1 is 1.00 bits per heavy atom. The van der Waals surface area contributed by atoms with Crippen molar-refractivity contribution in [3.63, 3.8) is 0 Å². The molecule has 218 valence electrons. The van der Waals surface area contributed by atoms with Crippen molar-refractivity contribution in [2.45, 2.75) is 19.3 Å². The van der Waals surface area contributed by atoms with E-state index in [0.717, 1.165) is 18.8 Å². The molecule has 1 amide bonds. The van der Waals surface area contributed by atoms with Gasteiger partial charge >= 0.3 is 0 Å². The van der Waals surface area contributed by atoms with Crippen molar-refractivity contribution in [3.8, 4) is 5.75 Å². The van der Waals surface area contributed by atoms with Gasteiger partial charge in [-0.25, -0.2) is 0 Å². The van der Waals surface area contributed by atoms with Crippen molar-refractivity contribution >= 4 is 28.9 Å². The number of methoxy groups -OCH3 is 1. The third kappa shape index (κ3) is 4.56. The van der Waals surface area contributed by atoms with Gasteiger partial charge in [0.1, 0.15) is 22.8 Å². The summed E-state index contributed by atoms with van der Waals surface area (Å²) in [5.74, 6) is -4.38. The monoisotopic (exact) mass is 571 g/mol. The molecule has 6 rings (SSSR count). The molecule has 3 unspecified atom stereocenters. The van der Waals surface area contributed by atoms with Gasteiger partial charge in [-0.2, -0.15) is 0 Å². The number of piperazine rings is 1. The van der Waals surface area contributed by atoms with Crippen molar-refractivity contribution in [3.05, 3.63) is 81.8 Å². The number of nitrogens with zero attached hydrogens (tertiary/aromatic N) is 2. The Morgan fingerprint density at radius 2 is 1.71 bits per heavy atom. The zero-order valence-corrected chi connectivity index (χ0v) is 23.3. The Bertz CT molecular complexity index is 1550. The number of carbonyl (C=O) groups excluding carboxylic acids is 4. The van der Waals surface area contributed by atoms with Gasteiger partial charge in [-0.15, -0.1) is 0 Å². The van der Waals surface area contributed by atoms with Gasteiger partial charge in [0.2, 0.25) is 0 Å². The maximum atomic E-state index is 14.0. The number of Topliss-reactive ketones (excluding diaryl/α,β-unsaturated/α-hetero) is 3. The Hall–Kier alpha value is -4.44. The first-order valence-electron chi connectivity index (χ1n) is 14.2. The number of rotatable bonds is 6. The fraction of sp³-hybridized carbons (Fsp3) is 0.375. The van der Waals surface area contributed by atoms with Crippen LogP contribution in [0, 0.1) is 17.8 Å². The highest BCUT2D eigenvalue weighted by Crippen LogP contribution is 2.51. The molecule has 4 aliphatic rings. The van der Waals surface area contributed by atoms with Crippen LogP contribution in [0.15, 0.2) is 65.1 Å². The van der Waals surface area contributed by atoms with Crippen LogP contribution in [0.1, 0.15) is 39.1 Å². The molecule has 1 saturated heterocycles. The van der Waals surface area contributed by atoms with Crippen LogP contribution in [0.3, 0.4) is 0 Å². The number of fused-ring (bicyclic) bond motifs is 3. The summed E-state index contributed by atoms with van der Waals surface area (Å²) in [6.45, 7) is 3.21. The van der Waals surface area contributed by atoms with Gasteiger partial charge in [-0.1, -0.05) is 18.2 Å². The minimum absolute atomic E-state index is 0.0223. The summed E-state index contributed by atoms with van der Waals surface area (Å²) in [7, 11) is 1.37. The molecule has 10 heteroatoms. The quantitative estimate of drug-likeness (QED) is 0.351. The van der Waals surface area contributed by atoms with Crippen molar-refractivity contribution < 1.29 is 34.1 Å². The molecule has 1 heterocycles. The van der Waals surface area contributed by atoms with Gasteiger partial charge in [-0.3, -0.25) is 24.1 Å². The molecule has 10 nitrogen and oxygen atoms in total. The number of ketones is 3. The first-order chi connectivity index (χ1) is 20.2. The number of allylic oxidation sites excluding steroid dienone is 1. The van der Waals surface area contributed by atoms with E-state index in [0.29, 0.717) is 37.1 Å². The molecular formula is C32H33N3O7. The van der Waals surface area contributed by atoms with E-state index in [4.69, 9.17) is 10.5 Å². The third-order valence-corrected chi connectivity index (χ3v) is 9.13. The summed E-state index contributed by atoms with van der Waals surface area (Å²) < 4.78 is 5.65. The second-order valence-corrected chi connectivity index (χ2v) is 11.4. The number of aromatic hydroxyl groups is 1. The van der Waals surface area contributed by atoms with E-state index in [2.05, 4.69) is 21.9 Å². The van der Waals surface area contributed by atoms with Gasteiger partial charge in [0.15, 0.2) is 17.3 Å². The first kappa shape index (κ1) is 27.7. The maximum Gasteiger partial charge on any atom is 0.255 e. The van der Waals surface area contributed by atoms with E-state index in [1.54, 1.807) is 6.07 Å². The summed E-state index contributed by atoms with van der Waals surface area (Å²) in [4.78, 5) is 56.6. The number of phenolic OH excluding ortho intramolecular Hbond substituents is 1. The summed E-state index contributed by atoms with van der Waals surface area (Å²) in [6.07, 6.45) is 0.640. The molecule has 1 fully saturated rings. The first-order valence-corrected chi connectivity index (χ1v) is 14.2. The minimum atomic E-state index is -1.03. The van der Waals surface area contributed by atoms with E-state index in [1.165, 1.54) is 13.2 Å². The summed E-state index contributed by atoms with van der Waals surface area (Å²) >= 11 is 0. The number of anilines is 1. The number of aliphatic hydroxyl groups excluding tert-OH is 1. The van der Waals surface area contributed by atoms with Gasteiger partial charge in [-0.05, 0) is 54.5 Å². The van der Waals surface area contributed by atoms with E-state index in [9.17, 15) is 29.4 Å². The zero-order chi connectivity index (χ0) is 29.7. The molecule has 3 aliphatic carbocycles. The Balaban J connectivity index is 1.29. The van der Waals surface area contributed by atoms with Crippen LogP contribution >= 0.6 is 0 Å². The molecular weight excluding hydrogens is 538 g/mol. The lowest BCUT2D eigenvalue weighted by atomic mass is 9.62. The van der Waals surface area contributed by atoms with Crippen LogP contribution in [0.2, 0.25) is 0 Å². The average Bonchev–Trinajstić information content (AvgIpc) is 2.96. The number of carbonyl (C=O) groups is 4. The topological polar surface area (TPSA) is 150 Å². The standard InChI is InChI=1S/C32H33N3O7/c1-42-31-25-17(13-18-15-23(37)28(32(33)41)30(40)26(18)31)14-21-20(7-8-22(36)27(21)29(25)39)24(38)16-34-9-11-35(12-10-34)19-5-3-2-4-6-19/h2-8,17-18,26,36,40H,9-16H2,1H3,(H2,33,41). The summed E-state index contributed by atoms with van der Waals surface area (Å²) in [5, 5.41) is 21.7. The molecule has 0 spiro atoms. The van der Waals surface area contributed by atoms with Crippen LogP contribution < -0.4 is 10.6 Å². The molecule has 2 aromatic carbocycles. The van der Waals surface area contributed by atoms with Crippen LogP contribution in [0.25, 0.3) is 0 Å². The number of ether oxygens (including phenoxy) is 1. The molecule has 42 heavy (non-hydrogen) atoms. The average molecular weight is 572 g/mol. The molecule has 1 aliphatic heterocycles. The number of aliphatic hydroxyl groups is 1. The number of benzene rings is 2. The number of para-hydroxylation sites is 1. The Kier molecular flexibility index (Phi) is 7.10. The number of nitrogens with two attached hydrogens (primary N) is 1. The van der Waals surface area contributed by atoms with Crippen molar-refractivity contribution in [1.82, 2.24) is 4.90 Å². The second-order valence-electron chi connectivity index (χ2n) is 11.4. The lowest BCUT2D eigenvalue weighted by molar-refractivity contribution is -0.123. The molecule has 0 aromatic heterocycles. The lowest BCUT2D eigenvalue weighted by Gasteiger charge is -2.42. The fourth-order valence-corrected chi connectivity index (χ4v) is 7.21. The highest BCUT2D eigenvalue weighted by molar-refractivity contribution is 6.20. The molecule has 3 atom stereocenters. The molecule has 0 saturated carbocycles. The predicted octanol–water partition coefficient (Wildman–Crippen LogP) is 2.56. The van der Waals surface area contributed by atoms with Crippen molar-refractivity contribution in [1.29, 1.82) is 0 Å². The van der Waals surface area contributed by atoms with Crippen LogP contribution in [-0.2, 0) is 20.7 Å². The number of primary amides is 1. The van der Waals surface area contributed by atoms with Gasteiger partial charge in [0, 0.05) is 49.4 Å². The highest BCUT2D eigenvalue weighted by atomic mass is 16.5. The second kappa shape index (κ2) is 10.8. The number of phenols is 1. The summed E-state index contributed by atoms with van der Waals surface area (Å²) in [5.41, 5.74) is 7.30. The van der Waals surface area contributed by atoms with Crippen LogP contribution in [-0.4, -0.2) is 78.2 Å². The van der Waals surface area contributed by atoms with E-state index < -0.39 is 40.6 Å². The SMILES string of the molecule is COC1=C2C(=O)c3c(O)ccc(C(=O)CN4CCN(c5ccccc5)CC4)c3CC2CC2CC(=O)C(C(N)=O)=C(O)C12. The molecule has 0 radical (unpaired) electrons. The van der Waals surface area contributed by atoms with Gasteiger partial charge < -0.3 is 25.6 Å². The number of hydrogen-bond acceptors (Lipinski definition) is 9. The normalized spacial score (nSPS) is 24.2. The largest absolute Gasteiger partial charge is 0.511 e. The van der Waals surface area contributed by atoms with E-state index in [-0.39, 0.29) is 47.3 Å². The van der Waals surface area contributed by atoms with E-state index >= 15 is 0 Å². The molecule has 0 bridgehead atoms. The Morgan fingerprint density at radius 3 is 2.38 bits per heavy atom. The molecule has 4 N–H and O–H groups in total. The minimum Gasteiger partial charge on any atom is -0.511 e. The van der Waals surface area contributed by atoms with Gasteiger partial charge in [0.25, 0.3) is 5.91 Å². The van der Waals surface area contributed by atoms with Crippen LogP contribution in [0.4, 0.5) is 5.69 Å². The fourth-order valence-electron chi connectivity index (χ4n) is 7.21. The van der Waals surface area contributed by atoms with E-state index in [1.807, 2.05) is 18.2 Å². The lowest BCUT2D eigenvalue weighted by Crippen LogP contribution is -2.48. The predicted molar refractivity (Wildman–Crippen MR) is 153 cm³/mol. The van der Waals surface area contributed by atoms with Crippen molar-refractivity contribution in [2.24, 2.45) is 23.5 Å². The van der Waals surface area contributed by atoms with Crippen LogP contribution in [0.5, 0.6) is 5.75 Å².